The normalized spacial score (nSPS) is 18.6. The summed E-state index contributed by atoms with van der Waals surface area (Å²) in [5.74, 6) is 0.151. The fourth-order valence-electron chi connectivity index (χ4n) is 4.36. The molecule has 33 heavy (non-hydrogen) atoms. The van der Waals surface area contributed by atoms with Gasteiger partial charge in [0.1, 0.15) is 29.3 Å². The van der Waals surface area contributed by atoms with E-state index in [2.05, 4.69) is 25.0 Å². The van der Waals surface area contributed by atoms with E-state index in [1.54, 1.807) is 23.2 Å². The first-order valence-corrected chi connectivity index (χ1v) is 10.5. The van der Waals surface area contributed by atoms with Crippen LogP contribution < -0.4 is 10.5 Å². The third-order valence-corrected chi connectivity index (χ3v) is 6.06. The van der Waals surface area contributed by atoms with E-state index in [1.807, 2.05) is 0 Å². The molecule has 1 aliphatic rings. The predicted octanol–water partition coefficient (Wildman–Crippen LogP) is 3.23. The molecule has 1 N–H and O–H groups in total. The Hall–Kier alpha value is -3.86. The molecule has 5 heterocycles. The maximum absolute atomic E-state index is 14.8. The largest absolute Gasteiger partial charge is 0.341 e. The minimum absolute atomic E-state index is 0.0271. The number of halogens is 3. The molecule has 0 bridgehead atoms. The molecule has 2 atom stereocenters. The molecule has 0 spiro atoms. The van der Waals surface area contributed by atoms with Gasteiger partial charge in [-0.15, -0.1) is 0 Å². The highest BCUT2D eigenvalue weighted by atomic mass is 35.5. The van der Waals surface area contributed by atoms with E-state index in [9.17, 15) is 13.6 Å². The lowest BCUT2D eigenvalue weighted by Gasteiger charge is -2.27. The van der Waals surface area contributed by atoms with Crippen molar-refractivity contribution in [3.63, 3.8) is 0 Å². The van der Waals surface area contributed by atoms with Gasteiger partial charge in [0.15, 0.2) is 17.3 Å². The smallest absolute Gasteiger partial charge is 0.284 e. The molecule has 1 aromatic carbocycles. The number of hydrogen-bond donors (Lipinski definition) is 1. The van der Waals surface area contributed by atoms with Crippen LogP contribution in [-0.2, 0) is 0 Å². The molecule has 1 aliphatic heterocycles. The maximum Gasteiger partial charge on any atom is 0.284 e. The second-order valence-electron chi connectivity index (χ2n) is 7.74. The van der Waals surface area contributed by atoms with Gasteiger partial charge in [-0.1, -0.05) is 17.7 Å². The summed E-state index contributed by atoms with van der Waals surface area (Å²) in [7, 11) is 0. The van der Waals surface area contributed by atoms with E-state index < -0.39 is 23.6 Å². The van der Waals surface area contributed by atoms with Crippen LogP contribution in [0.15, 0.2) is 54.0 Å². The topological polar surface area (TPSA) is 97.0 Å². The van der Waals surface area contributed by atoms with Crippen LogP contribution in [0.4, 0.5) is 14.6 Å². The molecule has 166 valence electrons. The van der Waals surface area contributed by atoms with Crippen molar-refractivity contribution in [2.45, 2.75) is 18.6 Å². The lowest BCUT2D eigenvalue weighted by Crippen LogP contribution is -2.33. The Bertz CT molecular complexity index is 1580. The zero-order valence-electron chi connectivity index (χ0n) is 16.9. The Morgan fingerprint density at radius 3 is 2.91 bits per heavy atom. The van der Waals surface area contributed by atoms with E-state index in [4.69, 9.17) is 11.6 Å². The highest BCUT2D eigenvalue weighted by molar-refractivity contribution is 6.33. The SMILES string of the molecule is O=c1c2c(Cl)ccn2nc([C@@H]2C[C@H](F)CN2c2ncnc3nc[nH]c23)n1-c1cccc(F)c1. The zero-order chi connectivity index (χ0) is 22.7. The third-order valence-electron chi connectivity index (χ3n) is 5.75. The Labute approximate surface area is 189 Å². The van der Waals surface area contributed by atoms with Crippen LogP contribution in [0.25, 0.3) is 22.4 Å². The second kappa shape index (κ2) is 7.34. The Morgan fingerprint density at radius 1 is 1.18 bits per heavy atom. The van der Waals surface area contributed by atoms with Gasteiger partial charge in [-0.2, -0.15) is 5.10 Å². The molecule has 0 aliphatic carbocycles. The minimum Gasteiger partial charge on any atom is -0.341 e. The molecule has 0 radical (unpaired) electrons. The molecule has 1 fully saturated rings. The van der Waals surface area contributed by atoms with Crippen molar-refractivity contribution in [1.82, 2.24) is 34.1 Å². The van der Waals surface area contributed by atoms with Crippen LogP contribution in [-0.4, -0.2) is 46.8 Å². The van der Waals surface area contributed by atoms with E-state index in [0.717, 1.165) is 0 Å². The average Bonchev–Trinajstić information content (AvgIpc) is 3.51. The molecule has 6 rings (SSSR count). The number of aromatic amines is 1. The number of H-pyrrole nitrogens is 1. The van der Waals surface area contributed by atoms with Crippen molar-refractivity contribution in [3.8, 4) is 5.69 Å². The number of imidazole rings is 1. The number of rotatable bonds is 3. The van der Waals surface area contributed by atoms with E-state index in [-0.39, 0.29) is 35.0 Å². The predicted molar refractivity (Wildman–Crippen MR) is 117 cm³/mol. The van der Waals surface area contributed by atoms with Gasteiger partial charge in [0.05, 0.1) is 29.6 Å². The number of hydrogen-bond acceptors (Lipinski definition) is 6. The summed E-state index contributed by atoms with van der Waals surface area (Å²) in [5, 5.41) is 4.83. The quantitative estimate of drug-likeness (QED) is 0.436. The molecule has 9 nitrogen and oxygen atoms in total. The van der Waals surface area contributed by atoms with Gasteiger partial charge in [0.2, 0.25) is 0 Å². The summed E-state index contributed by atoms with van der Waals surface area (Å²) in [5.41, 5.74) is 0.894. The Kier molecular flexibility index (Phi) is 4.40. The summed E-state index contributed by atoms with van der Waals surface area (Å²) in [4.78, 5) is 30.9. The number of anilines is 1. The molecule has 12 heteroatoms. The lowest BCUT2D eigenvalue weighted by atomic mass is 10.1. The van der Waals surface area contributed by atoms with Crippen LogP contribution in [0, 0.1) is 5.82 Å². The summed E-state index contributed by atoms with van der Waals surface area (Å²) >= 11 is 6.23. The summed E-state index contributed by atoms with van der Waals surface area (Å²) < 4.78 is 31.6. The van der Waals surface area contributed by atoms with Gasteiger partial charge >= 0.3 is 0 Å². The first kappa shape index (κ1) is 19.8. The van der Waals surface area contributed by atoms with E-state index >= 15 is 0 Å². The number of nitrogens with zero attached hydrogens (tertiary/aromatic N) is 7. The number of nitrogens with one attached hydrogen (secondary N) is 1. The van der Waals surface area contributed by atoms with Gasteiger partial charge in [0, 0.05) is 12.6 Å². The molecule has 5 aromatic rings. The van der Waals surface area contributed by atoms with Crippen LogP contribution in [0.3, 0.4) is 0 Å². The van der Waals surface area contributed by atoms with Gasteiger partial charge in [-0.25, -0.2) is 28.2 Å². The first-order chi connectivity index (χ1) is 16.0. The average molecular weight is 469 g/mol. The molecule has 1 saturated heterocycles. The summed E-state index contributed by atoms with van der Waals surface area (Å²) in [6.45, 7) is 0.0271. The molecular weight excluding hydrogens is 454 g/mol. The number of fused-ring (bicyclic) bond motifs is 2. The van der Waals surface area contributed by atoms with Crippen molar-refractivity contribution in [3.05, 3.63) is 76.2 Å². The minimum atomic E-state index is -1.20. The van der Waals surface area contributed by atoms with Gasteiger partial charge in [-0.05, 0) is 24.3 Å². The lowest BCUT2D eigenvalue weighted by molar-refractivity contribution is 0.354. The molecule has 0 unspecified atom stereocenters. The first-order valence-electron chi connectivity index (χ1n) is 10.1. The van der Waals surface area contributed by atoms with Crippen molar-refractivity contribution >= 4 is 34.1 Å². The fraction of sp³-hybridized carbons (Fsp3) is 0.190. The van der Waals surface area contributed by atoms with E-state index in [1.165, 1.54) is 39.9 Å². The molecule has 4 aromatic heterocycles. The number of benzene rings is 1. The number of alkyl halides is 1. The summed E-state index contributed by atoms with van der Waals surface area (Å²) in [6, 6.07) is 6.46. The van der Waals surface area contributed by atoms with Crippen molar-refractivity contribution < 1.29 is 8.78 Å². The van der Waals surface area contributed by atoms with Crippen LogP contribution >= 0.6 is 11.6 Å². The standard InChI is InChI=1S/C21H15ClF2N8O/c22-14-4-5-31-17(14)21(33)32(13-3-1-2-11(23)6-13)19(29-31)15-7-12(24)8-30(15)20-16-18(26-9-25-16)27-10-28-20/h1-6,9-10,12,15H,7-8H2,(H,25,26,27,28)/t12-,15-/m0/s1. The fourth-order valence-corrected chi connectivity index (χ4v) is 4.59. The second-order valence-corrected chi connectivity index (χ2v) is 8.14. The molecular formula is C21H15ClF2N8O. The number of aromatic nitrogens is 7. The van der Waals surface area contributed by atoms with Crippen LogP contribution in [0.1, 0.15) is 18.3 Å². The highest BCUT2D eigenvalue weighted by Gasteiger charge is 2.39. The molecule has 0 saturated carbocycles. The van der Waals surface area contributed by atoms with Gasteiger partial charge in [-0.3, -0.25) is 9.36 Å². The van der Waals surface area contributed by atoms with Crippen molar-refractivity contribution in [2.24, 2.45) is 0 Å². The van der Waals surface area contributed by atoms with Crippen molar-refractivity contribution in [2.75, 3.05) is 11.4 Å². The van der Waals surface area contributed by atoms with Gasteiger partial charge in [0.25, 0.3) is 5.56 Å². The molecule has 0 amide bonds. The van der Waals surface area contributed by atoms with Crippen LogP contribution in [0.5, 0.6) is 0 Å². The van der Waals surface area contributed by atoms with Gasteiger partial charge < -0.3 is 9.88 Å². The van der Waals surface area contributed by atoms with E-state index in [0.29, 0.717) is 17.0 Å². The maximum atomic E-state index is 14.8. The van der Waals surface area contributed by atoms with Crippen molar-refractivity contribution in [1.29, 1.82) is 0 Å². The third kappa shape index (κ3) is 3.07. The van der Waals surface area contributed by atoms with Crippen LogP contribution in [0.2, 0.25) is 5.02 Å². The Morgan fingerprint density at radius 2 is 2.06 bits per heavy atom. The monoisotopic (exact) mass is 468 g/mol. The highest BCUT2D eigenvalue weighted by Crippen LogP contribution is 2.38. The summed E-state index contributed by atoms with van der Waals surface area (Å²) in [6.07, 6.45) is 3.24. The Balaban J connectivity index is 1.62. The zero-order valence-corrected chi connectivity index (χ0v) is 17.6.